The van der Waals surface area contributed by atoms with Gasteiger partial charge >= 0.3 is 0 Å². The maximum absolute atomic E-state index is 5.27. The summed E-state index contributed by atoms with van der Waals surface area (Å²) >= 11 is 0. The Morgan fingerprint density at radius 2 is 1.24 bits per heavy atom. The topological polar surface area (TPSA) is 76.5 Å². The van der Waals surface area contributed by atoms with Crippen LogP contribution in [0, 0.1) is 11.8 Å². The van der Waals surface area contributed by atoms with Crippen molar-refractivity contribution >= 4 is 16.8 Å². The lowest BCUT2D eigenvalue weighted by Crippen LogP contribution is -2.15. The highest BCUT2D eigenvalue weighted by atomic mass is 14.9. The molecular formula is C64H60N6. The summed E-state index contributed by atoms with van der Waals surface area (Å²) in [5.41, 5.74) is 16.1. The van der Waals surface area contributed by atoms with Gasteiger partial charge in [-0.2, -0.15) is 0 Å². The molecule has 1 aliphatic heterocycles. The average Bonchev–Trinajstić information content (AvgIpc) is 3.43. The number of dihydropyridines is 1. The second kappa shape index (κ2) is 27.1. The molecule has 0 amide bonds. The van der Waals surface area contributed by atoms with E-state index in [0.29, 0.717) is 6.42 Å². The van der Waals surface area contributed by atoms with Crippen molar-refractivity contribution in [2.24, 2.45) is 0 Å². The highest BCUT2D eigenvalue weighted by Crippen LogP contribution is 2.32. The molecule has 6 heterocycles. The first-order valence-corrected chi connectivity index (χ1v) is 23.5. The summed E-state index contributed by atoms with van der Waals surface area (Å²) in [5.74, 6) is 6.23. The van der Waals surface area contributed by atoms with Gasteiger partial charge in [0.15, 0.2) is 0 Å². The molecule has 2 aromatic carbocycles. The molecule has 70 heavy (non-hydrogen) atoms. The van der Waals surface area contributed by atoms with E-state index in [0.717, 1.165) is 109 Å². The molecule has 1 aliphatic rings. The fourth-order valence-electron chi connectivity index (χ4n) is 7.08. The lowest BCUT2D eigenvalue weighted by atomic mass is 9.97. The first kappa shape index (κ1) is 50.6. The van der Waals surface area contributed by atoms with Gasteiger partial charge in [0.1, 0.15) is 0 Å². The maximum atomic E-state index is 5.27. The number of nitrogens with zero attached hydrogens (tertiary/aromatic N) is 5. The number of rotatable bonds is 13. The molecule has 1 N–H and O–H groups in total. The van der Waals surface area contributed by atoms with E-state index in [1.807, 2.05) is 119 Å². The molecule has 7 aromatic rings. The van der Waals surface area contributed by atoms with Crippen LogP contribution in [0.5, 0.6) is 0 Å². The van der Waals surface area contributed by atoms with Crippen LogP contribution in [0.1, 0.15) is 56.9 Å². The predicted octanol–water partition coefficient (Wildman–Crippen LogP) is 15.6. The Kier molecular flexibility index (Phi) is 19.6. The first-order chi connectivity index (χ1) is 34.4. The average molecular weight is 913 g/mol. The summed E-state index contributed by atoms with van der Waals surface area (Å²) in [4.78, 5) is 24.6. The van der Waals surface area contributed by atoms with Gasteiger partial charge in [-0.25, -0.2) is 15.0 Å². The van der Waals surface area contributed by atoms with Gasteiger partial charge in [-0.05, 0) is 116 Å². The molecule has 0 aliphatic carbocycles. The van der Waals surface area contributed by atoms with Crippen molar-refractivity contribution in [2.45, 2.75) is 40.5 Å². The van der Waals surface area contributed by atoms with E-state index in [2.05, 4.69) is 145 Å². The fraction of sp³-hybridized carbons (Fsp3) is 0.109. The molecule has 0 radical (unpaired) electrons. The van der Waals surface area contributed by atoms with E-state index in [1.165, 1.54) is 0 Å². The number of allylic oxidation sites excluding steroid dienone is 13. The Bertz CT molecular complexity index is 3110. The molecule has 6 heteroatoms. The first-order valence-electron chi connectivity index (χ1n) is 23.5. The minimum absolute atomic E-state index is 0.639. The summed E-state index contributed by atoms with van der Waals surface area (Å²) in [7, 11) is 0. The lowest BCUT2D eigenvalue weighted by Gasteiger charge is -2.13. The van der Waals surface area contributed by atoms with Crippen molar-refractivity contribution in [1.82, 2.24) is 30.2 Å². The Morgan fingerprint density at radius 3 is 1.89 bits per heavy atom. The van der Waals surface area contributed by atoms with Crippen LogP contribution in [0.25, 0.3) is 73.1 Å². The summed E-state index contributed by atoms with van der Waals surface area (Å²) < 4.78 is 0. The van der Waals surface area contributed by atoms with Gasteiger partial charge in [0, 0.05) is 48.0 Å². The third-order valence-corrected chi connectivity index (χ3v) is 10.8. The van der Waals surface area contributed by atoms with Crippen LogP contribution in [0.2, 0.25) is 0 Å². The zero-order chi connectivity index (χ0) is 49.3. The van der Waals surface area contributed by atoms with Crippen molar-refractivity contribution in [2.75, 3.05) is 6.54 Å². The van der Waals surface area contributed by atoms with Gasteiger partial charge in [0.25, 0.3) is 0 Å². The van der Waals surface area contributed by atoms with E-state index in [1.54, 1.807) is 18.3 Å². The zero-order valence-corrected chi connectivity index (χ0v) is 40.7. The maximum Gasteiger partial charge on any atom is 0.0889 e. The minimum Gasteiger partial charge on any atom is -0.380 e. The quantitative estimate of drug-likeness (QED) is 0.0705. The standard InChI is InChI=1S/C56H46N6.C4H8.C4H6/c1-4-6-7-17-40(3)48-23-14-24-49(60-48)44-32-34-45(35-33-44)56-39-46(41-28-30-43(31-29-41)50-25-15-27-54(61-50)52-22-9-11-37-58-52)38-55(62-56)42(16-5-2)18-12-19-47-20-13-26-53(59-47)51-21-8-10-36-57-51;2*1-3-4-2/h5,8-18,20-36,38-39,58H,2,4,19,37H2,1,3H3;3-4H,1-2H3;3-4H,1-2H2/b18-12-,40-17+,42-16+;4-3-;. The van der Waals surface area contributed by atoms with Crippen LogP contribution in [-0.4, -0.2) is 31.5 Å². The molecule has 0 bridgehead atoms. The molecule has 0 saturated carbocycles. The van der Waals surface area contributed by atoms with E-state index in [4.69, 9.17) is 19.9 Å². The van der Waals surface area contributed by atoms with Gasteiger partial charge in [-0.3, -0.25) is 9.97 Å². The Hall–Kier alpha value is -8.79. The smallest absolute Gasteiger partial charge is 0.0889 e. The monoisotopic (exact) mass is 912 g/mol. The van der Waals surface area contributed by atoms with E-state index in [9.17, 15) is 0 Å². The van der Waals surface area contributed by atoms with Gasteiger partial charge in [-0.1, -0.05) is 172 Å². The van der Waals surface area contributed by atoms with Crippen LogP contribution in [0.4, 0.5) is 0 Å². The van der Waals surface area contributed by atoms with Crippen molar-refractivity contribution in [1.29, 1.82) is 0 Å². The Balaban J connectivity index is 0.000000934. The van der Waals surface area contributed by atoms with Crippen LogP contribution < -0.4 is 5.32 Å². The second-order valence-electron chi connectivity index (χ2n) is 15.8. The van der Waals surface area contributed by atoms with Crippen LogP contribution in [-0.2, 0) is 6.42 Å². The molecule has 0 spiro atoms. The van der Waals surface area contributed by atoms with Gasteiger partial charge < -0.3 is 5.32 Å². The molecule has 5 aromatic heterocycles. The second-order valence-corrected chi connectivity index (χ2v) is 15.8. The van der Waals surface area contributed by atoms with Gasteiger partial charge in [-0.15, -0.1) is 0 Å². The zero-order valence-electron chi connectivity index (χ0n) is 40.7. The van der Waals surface area contributed by atoms with E-state index < -0.39 is 0 Å². The summed E-state index contributed by atoms with van der Waals surface area (Å²) in [5, 5.41) is 3.42. The Labute approximate surface area is 415 Å². The third kappa shape index (κ3) is 14.6. The van der Waals surface area contributed by atoms with Crippen LogP contribution >= 0.6 is 0 Å². The molecule has 8 rings (SSSR count). The van der Waals surface area contributed by atoms with Gasteiger partial charge in [0.2, 0.25) is 0 Å². The Morgan fingerprint density at radius 1 is 0.614 bits per heavy atom. The fourth-order valence-corrected chi connectivity index (χ4v) is 7.08. The van der Waals surface area contributed by atoms with Crippen molar-refractivity contribution < 1.29 is 0 Å². The third-order valence-electron chi connectivity index (χ3n) is 10.8. The van der Waals surface area contributed by atoms with Crippen molar-refractivity contribution in [3.05, 3.63) is 255 Å². The van der Waals surface area contributed by atoms with Crippen molar-refractivity contribution in [3.63, 3.8) is 0 Å². The molecule has 0 unspecified atom stereocenters. The molecule has 6 nitrogen and oxygen atoms in total. The molecular weight excluding hydrogens is 853 g/mol. The minimum atomic E-state index is 0.639. The number of pyridine rings is 5. The summed E-state index contributed by atoms with van der Waals surface area (Å²) in [6.45, 7) is 19.7. The molecule has 0 saturated heterocycles. The highest BCUT2D eigenvalue weighted by Gasteiger charge is 2.13. The molecule has 0 atom stereocenters. The van der Waals surface area contributed by atoms with Crippen molar-refractivity contribution in [3.8, 4) is 68.1 Å². The number of hydrogen-bond donors (Lipinski definition) is 1. The highest BCUT2D eigenvalue weighted by molar-refractivity contribution is 5.81. The van der Waals surface area contributed by atoms with E-state index >= 15 is 0 Å². The molecule has 0 fully saturated rings. The van der Waals surface area contributed by atoms with Gasteiger partial charge in [0.05, 0.1) is 51.2 Å². The summed E-state index contributed by atoms with van der Waals surface area (Å²) in [6, 6.07) is 45.6. The normalized spacial score (nSPS) is 12.0. The summed E-state index contributed by atoms with van der Waals surface area (Å²) in [6.07, 6.45) is 26.7. The predicted molar refractivity (Wildman–Crippen MR) is 298 cm³/mol. The van der Waals surface area contributed by atoms with E-state index in [-0.39, 0.29) is 0 Å². The van der Waals surface area contributed by atoms with Crippen LogP contribution in [0.3, 0.4) is 0 Å². The number of benzene rings is 2. The van der Waals surface area contributed by atoms with Crippen LogP contribution in [0.15, 0.2) is 232 Å². The number of aromatic nitrogens is 5. The lowest BCUT2D eigenvalue weighted by molar-refractivity contribution is 0.982. The number of hydrogen-bond acceptors (Lipinski definition) is 6. The number of nitrogens with one attached hydrogen (secondary N) is 1. The SMILES string of the molecule is C/C=C\C.C=C/C=C(\C=C/Cc1cccc(-c2ccccn2)n1)c1cc(-c2ccc(-c3cccc(C4=CC=CCN4)n3)cc2)cc(-c2ccc(-c3cccc(/C(C)=C/C#CCC)n3)cc2)n1.C=CC=C. The largest absolute Gasteiger partial charge is 0.380 e. The molecule has 346 valence electrons.